The van der Waals surface area contributed by atoms with Gasteiger partial charge in [-0.1, -0.05) is 49.2 Å². The van der Waals surface area contributed by atoms with Crippen LogP contribution in [-0.2, 0) is 6.54 Å². The molecule has 0 saturated carbocycles. The van der Waals surface area contributed by atoms with E-state index in [1.54, 1.807) is 7.11 Å². The van der Waals surface area contributed by atoms with Crippen LogP contribution in [0.15, 0.2) is 48.7 Å². The van der Waals surface area contributed by atoms with E-state index in [2.05, 4.69) is 48.9 Å². The maximum Gasteiger partial charge on any atom is 1.00 e. The molecule has 0 radical (unpaired) electrons. The Hall–Kier alpha value is -0.348. The fourth-order valence-electron chi connectivity index (χ4n) is 3.66. The molecule has 0 atom stereocenters. The van der Waals surface area contributed by atoms with Crippen molar-refractivity contribution < 1.29 is 82.4 Å². The Morgan fingerprint density at radius 2 is 1.70 bits per heavy atom. The Kier molecular flexibility index (Phi) is 17.8. The Labute approximate surface area is 258 Å². The number of nitrogens with one attached hydrogen (secondary N) is 1. The normalized spacial score (nSPS) is 10.4. The Morgan fingerprint density at radius 3 is 2.24 bits per heavy atom. The molecule has 0 spiro atoms. The van der Waals surface area contributed by atoms with E-state index >= 15 is 0 Å². The third-order valence-corrected chi connectivity index (χ3v) is 5.38. The van der Waals surface area contributed by atoms with Gasteiger partial charge in [-0.2, -0.15) is 0 Å². The van der Waals surface area contributed by atoms with Gasteiger partial charge in [0.2, 0.25) is 6.43 Å². The fraction of sp³-hybridized carbons (Fsp3) is 0.444. The summed E-state index contributed by atoms with van der Waals surface area (Å²) in [5, 5.41) is 1.15. The third-order valence-electron chi connectivity index (χ3n) is 5.38. The van der Waals surface area contributed by atoms with Crippen molar-refractivity contribution in [1.82, 2.24) is 9.88 Å². The summed E-state index contributed by atoms with van der Waals surface area (Å²) in [5.41, 5.74) is 4.72. The largest absolute Gasteiger partial charge is 1.00 e. The first kappa shape index (κ1) is 32.7. The molecule has 0 saturated heterocycles. The van der Waals surface area contributed by atoms with Gasteiger partial charge in [-0.05, 0) is 57.5 Å². The predicted molar refractivity (Wildman–Crippen MR) is 133 cm³/mol. The standard InChI is InChI=1S/C19H28F2N2O.C7H8.CH3.Cs/c1-4-5-10-23(11-6-7-18(20)21)13-16-15-8-9-22-19(15)14(2)12-17(16)24-3;1-7-5-3-2-4-6-7;;/h8-9,12,18,22H,4-7,10-11,13H2,1-3H3;2-6H,1H3;1H3;/q;;-1;+1. The van der Waals surface area contributed by atoms with Gasteiger partial charge in [-0.25, -0.2) is 8.78 Å². The Balaban J connectivity index is 0.000000975. The van der Waals surface area contributed by atoms with Crippen molar-refractivity contribution in [2.75, 3.05) is 20.2 Å². The van der Waals surface area contributed by atoms with Crippen molar-refractivity contribution in [1.29, 1.82) is 0 Å². The SMILES string of the molecule is CCCCN(CCCC(F)F)Cc1c(OC)cc(C)c2[nH]ccc12.Cc1ccccc1.[CH3-].[Cs+]. The number of H-pyrrole nitrogens is 1. The molecular weight excluding hydrogens is 539 g/mol. The van der Waals surface area contributed by atoms with E-state index in [0.717, 1.165) is 53.7 Å². The number of fused-ring (bicyclic) bond motifs is 1. The first-order valence-corrected chi connectivity index (χ1v) is 11.1. The van der Waals surface area contributed by atoms with Crippen LogP contribution in [0.3, 0.4) is 0 Å². The summed E-state index contributed by atoms with van der Waals surface area (Å²) in [4.78, 5) is 5.55. The number of aromatic nitrogens is 1. The molecule has 3 rings (SSSR count). The van der Waals surface area contributed by atoms with Crippen molar-refractivity contribution >= 4 is 10.9 Å². The van der Waals surface area contributed by atoms with Crippen molar-refractivity contribution in [2.45, 2.75) is 59.4 Å². The summed E-state index contributed by atoms with van der Waals surface area (Å²) in [7, 11) is 1.68. The molecule has 1 heterocycles. The summed E-state index contributed by atoms with van der Waals surface area (Å²) in [6.07, 6.45) is 2.37. The molecular formula is C27H39CsF2N2O. The zero-order valence-corrected chi connectivity index (χ0v) is 27.5. The summed E-state index contributed by atoms with van der Waals surface area (Å²) < 4.78 is 30.5. The number of halogens is 2. The maximum atomic E-state index is 12.5. The Bertz CT molecular complexity index is 900. The van der Waals surface area contributed by atoms with Crippen LogP contribution in [0, 0.1) is 21.3 Å². The fourth-order valence-corrected chi connectivity index (χ4v) is 3.66. The van der Waals surface area contributed by atoms with Crippen LogP contribution >= 0.6 is 0 Å². The number of aryl methyl sites for hydroxylation is 2. The van der Waals surface area contributed by atoms with Crippen LogP contribution in [0.2, 0.25) is 0 Å². The van der Waals surface area contributed by atoms with Crippen LogP contribution in [0.25, 0.3) is 10.9 Å². The molecule has 0 fully saturated rings. The summed E-state index contributed by atoms with van der Waals surface area (Å²) in [6, 6.07) is 14.4. The second kappa shape index (κ2) is 18.0. The molecule has 6 heteroatoms. The minimum atomic E-state index is -2.22. The molecule has 33 heavy (non-hydrogen) atoms. The van der Waals surface area contributed by atoms with Gasteiger partial charge < -0.3 is 17.1 Å². The van der Waals surface area contributed by atoms with E-state index in [1.807, 2.05) is 30.5 Å². The van der Waals surface area contributed by atoms with E-state index in [1.165, 1.54) is 5.56 Å². The first-order chi connectivity index (χ1) is 15.0. The van der Waals surface area contributed by atoms with E-state index in [0.29, 0.717) is 13.0 Å². The number of alkyl halides is 2. The van der Waals surface area contributed by atoms with Gasteiger partial charge in [0.15, 0.2) is 0 Å². The molecule has 0 unspecified atom stereocenters. The molecule has 3 aromatic rings. The van der Waals surface area contributed by atoms with E-state index in [9.17, 15) is 8.78 Å². The molecule has 178 valence electrons. The van der Waals surface area contributed by atoms with Crippen molar-refractivity contribution in [2.24, 2.45) is 0 Å². The molecule has 0 aliphatic heterocycles. The predicted octanol–water partition coefficient (Wildman–Crippen LogP) is 4.58. The molecule has 1 N–H and O–H groups in total. The topological polar surface area (TPSA) is 28.3 Å². The third kappa shape index (κ3) is 11.3. The van der Waals surface area contributed by atoms with E-state index in [-0.39, 0.29) is 82.7 Å². The van der Waals surface area contributed by atoms with Gasteiger partial charge in [-0.3, -0.25) is 4.90 Å². The molecule has 0 bridgehead atoms. The first-order valence-electron chi connectivity index (χ1n) is 11.1. The van der Waals surface area contributed by atoms with Gasteiger partial charge in [0, 0.05) is 35.6 Å². The number of ether oxygens (including phenoxy) is 1. The van der Waals surface area contributed by atoms with Crippen LogP contribution in [0.5, 0.6) is 5.75 Å². The van der Waals surface area contributed by atoms with Crippen molar-refractivity contribution in [3.63, 3.8) is 0 Å². The molecule has 0 aliphatic rings. The Morgan fingerprint density at radius 1 is 1.03 bits per heavy atom. The number of hydrogen-bond acceptors (Lipinski definition) is 2. The second-order valence-corrected chi connectivity index (χ2v) is 7.96. The molecule has 2 aromatic carbocycles. The molecule has 0 aliphatic carbocycles. The summed E-state index contributed by atoms with van der Waals surface area (Å²) in [6.45, 7) is 8.62. The smallest absolute Gasteiger partial charge is 0.496 e. The van der Waals surface area contributed by atoms with Gasteiger partial charge in [0.05, 0.1) is 7.11 Å². The minimum absolute atomic E-state index is 0. The van der Waals surface area contributed by atoms with Gasteiger partial charge >= 0.3 is 68.9 Å². The summed E-state index contributed by atoms with van der Waals surface area (Å²) in [5.74, 6) is 0.870. The number of hydrogen-bond donors (Lipinski definition) is 1. The quantitative estimate of drug-likeness (QED) is 0.357. The monoisotopic (exact) mass is 578 g/mol. The van der Waals surface area contributed by atoms with Crippen LogP contribution in [-0.4, -0.2) is 36.5 Å². The van der Waals surface area contributed by atoms with Crippen molar-refractivity contribution in [3.8, 4) is 5.75 Å². The minimum Gasteiger partial charge on any atom is -0.496 e. The molecule has 1 aromatic heterocycles. The van der Waals surface area contributed by atoms with Gasteiger partial charge in [-0.15, -0.1) is 0 Å². The average Bonchev–Trinajstić information content (AvgIpc) is 3.25. The van der Waals surface area contributed by atoms with Crippen LogP contribution in [0.1, 0.15) is 49.3 Å². The average molecular weight is 579 g/mol. The second-order valence-electron chi connectivity index (χ2n) is 7.96. The number of unbranched alkanes of at least 4 members (excludes halogenated alkanes) is 1. The van der Waals surface area contributed by atoms with E-state index in [4.69, 9.17) is 4.74 Å². The zero-order valence-electron chi connectivity index (χ0n) is 21.3. The van der Waals surface area contributed by atoms with E-state index < -0.39 is 6.43 Å². The molecule has 3 nitrogen and oxygen atoms in total. The number of benzene rings is 2. The van der Waals surface area contributed by atoms with Crippen LogP contribution < -0.4 is 73.6 Å². The maximum absolute atomic E-state index is 12.5. The van der Waals surface area contributed by atoms with Crippen LogP contribution in [0.4, 0.5) is 8.78 Å². The van der Waals surface area contributed by atoms with Gasteiger partial charge in [0.1, 0.15) is 5.75 Å². The number of rotatable bonds is 10. The van der Waals surface area contributed by atoms with Crippen molar-refractivity contribution in [3.05, 3.63) is 72.8 Å². The number of methoxy groups -OCH3 is 1. The number of nitrogens with zero attached hydrogens (tertiary/aromatic N) is 1. The number of aromatic amines is 1. The zero-order chi connectivity index (χ0) is 22.6. The molecule has 0 amide bonds. The summed E-state index contributed by atoms with van der Waals surface area (Å²) >= 11 is 0. The van der Waals surface area contributed by atoms with Gasteiger partial charge in [0.25, 0.3) is 0 Å².